The molecule has 0 saturated carbocycles. The summed E-state index contributed by atoms with van der Waals surface area (Å²) in [6.07, 6.45) is -4.01. The van der Waals surface area contributed by atoms with Crippen molar-refractivity contribution >= 4 is 21.8 Å². The summed E-state index contributed by atoms with van der Waals surface area (Å²) >= 11 is 2.81. The van der Waals surface area contributed by atoms with Gasteiger partial charge in [0.2, 0.25) is 0 Å². The van der Waals surface area contributed by atoms with Gasteiger partial charge in [-0.05, 0) is 24.6 Å². The van der Waals surface area contributed by atoms with E-state index in [1.54, 1.807) is 0 Å². The van der Waals surface area contributed by atoms with Gasteiger partial charge >= 0.3 is 6.18 Å². The molecule has 0 radical (unpaired) electrons. The smallest absolute Gasteiger partial charge is 0.394 e. The summed E-state index contributed by atoms with van der Waals surface area (Å²) in [6.45, 7) is 0.776. The standard InChI is InChI=1S/C13H15BrF3NO3/c14-11-3-2-9(8-10(11)13(15,16)17)12(20)18-4-1-6-21-7-5-19/h2-3,8,19H,1,4-7H2,(H,18,20). The highest BCUT2D eigenvalue weighted by Gasteiger charge is 2.33. The van der Waals surface area contributed by atoms with Gasteiger partial charge in [-0.3, -0.25) is 4.79 Å². The van der Waals surface area contributed by atoms with Gasteiger partial charge in [-0.1, -0.05) is 15.9 Å². The molecule has 0 heterocycles. The fraction of sp³-hybridized carbons (Fsp3) is 0.462. The van der Waals surface area contributed by atoms with E-state index in [1.165, 1.54) is 12.1 Å². The number of aliphatic hydroxyl groups is 1. The fourth-order valence-electron chi connectivity index (χ4n) is 1.53. The third-order valence-corrected chi connectivity index (χ3v) is 3.21. The van der Waals surface area contributed by atoms with E-state index in [2.05, 4.69) is 21.2 Å². The summed E-state index contributed by atoms with van der Waals surface area (Å²) in [6, 6.07) is 3.32. The zero-order chi connectivity index (χ0) is 15.9. The summed E-state index contributed by atoms with van der Waals surface area (Å²) in [5, 5.41) is 11.0. The number of carbonyl (C=O) groups excluding carboxylic acids is 1. The molecule has 0 unspecified atom stereocenters. The highest BCUT2D eigenvalue weighted by molar-refractivity contribution is 9.10. The first kappa shape index (κ1) is 17.9. The molecule has 0 aliphatic carbocycles. The maximum Gasteiger partial charge on any atom is 0.417 e. The van der Waals surface area contributed by atoms with Crippen molar-refractivity contribution < 1.29 is 27.8 Å². The number of benzene rings is 1. The van der Waals surface area contributed by atoms with E-state index in [-0.39, 0.29) is 29.8 Å². The Morgan fingerprint density at radius 2 is 2.05 bits per heavy atom. The van der Waals surface area contributed by atoms with Crippen molar-refractivity contribution in [3.8, 4) is 0 Å². The quantitative estimate of drug-likeness (QED) is 0.726. The van der Waals surface area contributed by atoms with Crippen LogP contribution in [0.1, 0.15) is 22.3 Å². The molecule has 1 rings (SSSR count). The molecule has 0 spiro atoms. The number of halogens is 4. The predicted octanol–water partition coefficient (Wildman–Crippen LogP) is 2.60. The van der Waals surface area contributed by atoms with Crippen LogP contribution in [0.3, 0.4) is 0 Å². The molecule has 21 heavy (non-hydrogen) atoms. The third-order valence-electron chi connectivity index (χ3n) is 2.52. The first-order valence-corrected chi connectivity index (χ1v) is 6.99. The molecule has 0 aliphatic rings. The molecule has 0 aromatic heterocycles. The number of carbonyl (C=O) groups is 1. The highest BCUT2D eigenvalue weighted by Crippen LogP contribution is 2.35. The fourth-order valence-corrected chi connectivity index (χ4v) is 2.00. The normalized spacial score (nSPS) is 11.5. The lowest BCUT2D eigenvalue weighted by molar-refractivity contribution is -0.138. The Kier molecular flexibility index (Phi) is 7.13. The number of hydrogen-bond donors (Lipinski definition) is 2. The maximum atomic E-state index is 12.7. The molecule has 2 N–H and O–H groups in total. The van der Waals surface area contributed by atoms with Crippen LogP contribution in [0.2, 0.25) is 0 Å². The van der Waals surface area contributed by atoms with Crippen LogP contribution in [0.4, 0.5) is 13.2 Å². The van der Waals surface area contributed by atoms with Gasteiger partial charge in [-0.15, -0.1) is 0 Å². The topological polar surface area (TPSA) is 58.6 Å². The van der Waals surface area contributed by atoms with Crippen molar-refractivity contribution in [2.24, 2.45) is 0 Å². The van der Waals surface area contributed by atoms with Crippen LogP contribution < -0.4 is 5.32 Å². The van der Waals surface area contributed by atoms with E-state index in [9.17, 15) is 18.0 Å². The number of ether oxygens (including phenoxy) is 1. The van der Waals surface area contributed by atoms with Crippen molar-refractivity contribution in [3.05, 3.63) is 33.8 Å². The van der Waals surface area contributed by atoms with Gasteiger partial charge in [-0.2, -0.15) is 13.2 Å². The first-order valence-electron chi connectivity index (χ1n) is 6.20. The molecule has 4 nitrogen and oxygen atoms in total. The number of amides is 1. The van der Waals surface area contributed by atoms with E-state index in [0.29, 0.717) is 13.0 Å². The summed E-state index contributed by atoms with van der Waals surface area (Å²) in [7, 11) is 0. The van der Waals surface area contributed by atoms with Gasteiger partial charge in [0, 0.05) is 23.2 Å². The first-order chi connectivity index (χ1) is 9.86. The molecule has 1 amide bonds. The molecule has 8 heteroatoms. The maximum absolute atomic E-state index is 12.7. The molecule has 0 aliphatic heterocycles. The molecule has 1 aromatic carbocycles. The Hall–Kier alpha value is -1.12. The average Bonchev–Trinajstić information content (AvgIpc) is 2.41. The number of nitrogens with one attached hydrogen (secondary N) is 1. The molecule has 0 saturated heterocycles. The summed E-state index contributed by atoms with van der Waals surface area (Å²) in [5.41, 5.74) is -0.941. The minimum Gasteiger partial charge on any atom is -0.394 e. The van der Waals surface area contributed by atoms with Crippen LogP contribution >= 0.6 is 15.9 Å². The molecule has 1 aromatic rings. The SMILES string of the molecule is O=C(NCCCOCCO)c1ccc(Br)c(C(F)(F)F)c1. The van der Waals surface area contributed by atoms with Gasteiger partial charge in [0.25, 0.3) is 5.91 Å². The second-order valence-electron chi connectivity index (χ2n) is 4.14. The minimum absolute atomic E-state index is 0.0539. The second kappa shape index (κ2) is 8.35. The lowest BCUT2D eigenvalue weighted by Crippen LogP contribution is -2.25. The van der Waals surface area contributed by atoms with Crippen molar-refractivity contribution in [3.63, 3.8) is 0 Å². The van der Waals surface area contributed by atoms with Gasteiger partial charge in [0.05, 0.1) is 18.8 Å². The Morgan fingerprint density at radius 1 is 1.33 bits per heavy atom. The van der Waals surface area contributed by atoms with Gasteiger partial charge in [0.1, 0.15) is 0 Å². The van der Waals surface area contributed by atoms with Crippen molar-refractivity contribution in [2.75, 3.05) is 26.4 Å². The minimum atomic E-state index is -4.52. The largest absolute Gasteiger partial charge is 0.417 e. The predicted molar refractivity (Wildman–Crippen MR) is 74.0 cm³/mol. The van der Waals surface area contributed by atoms with Gasteiger partial charge in [0.15, 0.2) is 0 Å². The Balaban J connectivity index is 2.55. The lowest BCUT2D eigenvalue weighted by Gasteiger charge is -2.11. The molecule has 0 bridgehead atoms. The third kappa shape index (κ3) is 6.03. The van der Waals surface area contributed by atoms with Crippen LogP contribution in [0.25, 0.3) is 0 Å². The summed E-state index contributed by atoms with van der Waals surface area (Å²) in [5.74, 6) is -0.574. The molecular weight excluding hydrogens is 355 g/mol. The zero-order valence-electron chi connectivity index (χ0n) is 11.0. The lowest BCUT2D eigenvalue weighted by atomic mass is 10.1. The Bertz CT molecular complexity index is 480. The average molecular weight is 370 g/mol. The zero-order valence-corrected chi connectivity index (χ0v) is 12.6. The van der Waals surface area contributed by atoms with E-state index in [0.717, 1.165) is 6.07 Å². The highest BCUT2D eigenvalue weighted by atomic mass is 79.9. The van der Waals surface area contributed by atoms with Gasteiger partial charge in [-0.25, -0.2) is 0 Å². The van der Waals surface area contributed by atoms with E-state index in [4.69, 9.17) is 9.84 Å². The summed E-state index contributed by atoms with van der Waals surface area (Å²) < 4.78 is 43.0. The van der Waals surface area contributed by atoms with Crippen molar-refractivity contribution in [1.82, 2.24) is 5.32 Å². The van der Waals surface area contributed by atoms with Crippen LogP contribution in [0, 0.1) is 0 Å². The molecule has 0 atom stereocenters. The van der Waals surface area contributed by atoms with E-state index < -0.39 is 17.6 Å². The van der Waals surface area contributed by atoms with Crippen LogP contribution in [0.5, 0.6) is 0 Å². The number of alkyl halides is 3. The van der Waals surface area contributed by atoms with E-state index in [1.807, 2.05) is 0 Å². The Morgan fingerprint density at radius 3 is 2.67 bits per heavy atom. The monoisotopic (exact) mass is 369 g/mol. The van der Waals surface area contributed by atoms with Gasteiger partial charge < -0.3 is 15.2 Å². The Labute approximate surface area is 128 Å². The molecular formula is C13H15BrF3NO3. The number of rotatable bonds is 7. The van der Waals surface area contributed by atoms with Crippen molar-refractivity contribution in [2.45, 2.75) is 12.6 Å². The van der Waals surface area contributed by atoms with E-state index >= 15 is 0 Å². The van der Waals surface area contributed by atoms with Crippen LogP contribution in [-0.2, 0) is 10.9 Å². The van der Waals surface area contributed by atoms with Crippen LogP contribution in [-0.4, -0.2) is 37.4 Å². The van der Waals surface area contributed by atoms with Crippen molar-refractivity contribution in [1.29, 1.82) is 0 Å². The molecule has 118 valence electrons. The number of aliphatic hydroxyl groups excluding tert-OH is 1. The number of hydrogen-bond acceptors (Lipinski definition) is 3. The second-order valence-corrected chi connectivity index (χ2v) is 4.99. The summed E-state index contributed by atoms with van der Waals surface area (Å²) in [4.78, 5) is 11.7. The molecule has 0 fully saturated rings. The van der Waals surface area contributed by atoms with Crippen LogP contribution in [0.15, 0.2) is 22.7 Å².